The zero-order chi connectivity index (χ0) is 16.8. The molecule has 0 atom stereocenters. The zero-order valence-electron chi connectivity index (χ0n) is 14.0. The van der Waals surface area contributed by atoms with Gasteiger partial charge >= 0.3 is 0 Å². The van der Waals surface area contributed by atoms with Crippen molar-refractivity contribution in [3.63, 3.8) is 0 Å². The Morgan fingerprint density at radius 1 is 1.17 bits per heavy atom. The van der Waals surface area contributed by atoms with Gasteiger partial charge in [0.2, 0.25) is 5.91 Å². The predicted molar refractivity (Wildman–Crippen MR) is 92.5 cm³/mol. The number of nitrogens with one attached hydrogen (secondary N) is 1. The number of pyridine rings is 1. The lowest BCUT2D eigenvalue weighted by Crippen LogP contribution is -2.46. The molecule has 3 rings (SSSR count). The summed E-state index contributed by atoms with van der Waals surface area (Å²) in [4.78, 5) is 30.4. The molecule has 0 spiro atoms. The molecule has 2 heterocycles. The van der Waals surface area contributed by atoms with Crippen LogP contribution in [0.25, 0.3) is 0 Å². The van der Waals surface area contributed by atoms with Crippen LogP contribution in [0.15, 0.2) is 36.2 Å². The van der Waals surface area contributed by atoms with Gasteiger partial charge in [0, 0.05) is 37.6 Å². The third kappa shape index (κ3) is 4.43. The van der Waals surface area contributed by atoms with Crippen molar-refractivity contribution < 1.29 is 9.59 Å². The second-order valence-corrected chi connectivity index (χ2v) is 6.68. The van der Waals surface area contributed by atoms with Gasteiger partial charge in [0.05, 0.1) is 5.56 Å². The second-order valence-electron chi connectivity index (χ2n) is 6.68. The Morgan fingerprint density at radius 3 is 2.58 bits per heavy atom. The van der Waals surface area contributed by atoms with E-state index in [0.717, 1.165) is 25.7 Å². The van der Waals surface area contributed by atoms with Crippen LogP contribution in [0.4, 0.5) is 0 Å². The lowest BCUT2D eigenvalue weighted by atomic mass is 9.94. The number of carbonyl (C=O) groups excluding carboxylic acids is 2. The van der Waals surface area contributed by atoms with Crippen LogP contribution in [0.2, 0.25) is 0 Å². The highest BCUT2D eigenvalue weighted by atomic mass is 16.2. The quantitative estimate of drug-likeness (QED) is 0.868. The second kappa shape index (κ2) is 8.08. The monoisotopic (exact) mass is 327 g/mol. The number of allylic oxidation sites excluding steroid dienone is 1. The molecule has 128 valence electrons. The van der Waals surface area contributed by atoms with E-state index in [9.17, 15) is 9.59 Å². The first kappa shape index (κ1) is 16.7. The lowest BCUT2D eigenvalue weighted by Gasteiger charge is -2.32. The molecule has 1 saturated heterocycles. The Labute approximate surface area is 143 Å². The number of amides is 2. The molecule has 0 unspecified atom stereocenters. The van der Waals surface area contributed by atoms with Crippen LogP contribution < -0.4 is 5.32 Å². The SMILES string of the molecule is O=C(C=C1CCCCC1)NC1CCN(C(=O)c2cccnc2)CC1. The molecule has 1 aliphatic carbocycles. The van der Waals surface area contributed by atoms with Gasteiger partial charge in [0.25, 0.3) is 5.91 Å². The van der Waals surface area contributed by atoms with Crippen LogP contribution in [0, 0.1) is 0 Å². The molecule has 1 aromatic heterocycles. The molecule has 2 aliphatic rings. The van der Waals surface area contributed by atoms with Crippen LogP contribution in [0.3, 0.4) is 0 Å². The molecule has 1 saturated carbocycles. The van der Waals surface area contributed by atoms with Gasteiger partial charge in [0.1, 0.15) is 0 Å². The summed E-state index contributed by atoms with van der Waals surface area (Å²) in [6, 6.07) is 3.73. The third-order valence-electron chi connectivity index (χ3n) is 4.87. The molecule has 1 aromatic rings. The fraction of sp³-hybridized carbons (Fsp3) is 0.526. The fourth-order valence-electron chi connectivity index (χ4n) is 3.48. The van der Waals surface area contributed by atoms with Gasteiger partial charge in [-0.1, -0.05) is 12.0 Å². The van der Waals surface area contributed by atoms with Crippen molar-refractivity contribution in [2.45, 2.75) is 51.0 Å². The molecule has 5 nitrogen and oxygen atoms in total. The number of rotatable bonds is 3. The fourth-order valence-corrected chi connectivity index (χ4v) is 3.48. The predicted octanol–water partition coefficient (Wildman–Crippen LogP) is 2.69. The minimum Gasteiger partial charge on any atom is -0.350 e. The molecule has 1 aliphatic heterocycles. The van der Waals surface area contributed by atoms with Crippen LogP contribution in [-0.2, 0) is 4.79 Å². The number of carbonyl (C=O) groups is 2. The van der Waals surface area contributed by atoms with Gasteiger partial charge in [-0.2, -0.15) is 0 Å². The van der Waals surface area contributed by atoms with Gasteiger partial charge < -0.3 is 10.2 Å². The number of nitrogens with zero attached hydrogens (tertiary/aromatic N) is 2. The Bertz CT molecular complexity index is 596. The molecule has 5 heteroatoms. The minimum atomic E-state index is 0.0252. The third-order valence-corrected chi connectivity index (χ3v) is 4.87. The molecule has 0 bridgehead atoms. The van der Waals surface area contributed by atoms with Crippen LogP contribution in [0.5, 0.6) is 0 Å². The number of aromatic nitrogens is 1. The average molecular weight is 327 g/mol. The Balaban J connectivity index is 1.46. The summed E-state index contributed by atoms with van der Waals surface area (Å²) >= 11 is 0. The van der Waals surface area contributed by atoms with E-state index in [1.165, 1.54) is 24.8 Å². The number of hydrogen-bond donors (Lipinski definition) is 1. The van der Waals surface area contributed by atoms with Crippen molar-refractivity contribution in [3.8, 4) is 0 Å². The minimum absolute atomic E-state index is 0.0252. The van der Waals surface area contributed by atoms with Gasteiger partial charge in [0.15, 0.2) is 0 Å². The Hall–Kier alpha value is -2.17. The van der Waals surface area contributed by atoms with Gasteiger partial charge in [-0.05, 0) is 50.7 Å². The molecular formula is C19H25N3O2. The van der Waals surface area contributed by atoms with Crippen molar-refractivity contribution in [1.82, 2.24) is 15.2 Å². The highest BCUT2D eigenvalue weighted by Gasteiger charge is 2.24. The summed E-state index contributed by atoms with van der Waals surface area (Å²) in [5.74, 6) is 0.0566. The normalized spacial score (nSPS) is 19.0. The van der Waals surface area contributed by atoms with E-state index < -0.39 is 0 Å². The Morgan fingerprint density at radius 2 is 1.92 bits per heavy atom. The van der Waals surface area contributed by atoms with Crippen molar-refractivity contribution in [2.24, 2.45) is 0 Å². The number of likely N-dealkylation sites (tertiary alicyclic amines) is 1. The molecule has 2 amide bonds. The van der Waals surface area contributed by atoms with Gasteiger partial charge in [-0.3, -0.25) is 14.6 Å². The van der Waals surface area contributed by atoms with Crippen LogP contribution in [0.1, 0.15) is 55.3 Å². The molecule has 0 radical (unpaired) electrons. The van der Waals surface area contributed by atoms with Crippen molar-refractivity contribution >= 4 is 11.8 Å². The van der Waals surface area contributed by atoms with Crippen molar-refractivity contribution in [1.29, 1.82) is 0 Å². The van der Waals surface area contributed by atoms with Gasteiger partial charge in [-0.25, -0.2) is 0 Å². The summed E-state index contributed by atoms with van der Waals surface area (Å²) in [5, 5.41) is 3.10. The summed E-state index contributed by atoms with van der Waals surface area (Å²) in [7, 11) is 0. The van der Waals surface area contributed by atoms with E-state index in [4.69, 9.17) is 0 Å². The van der Waals surface area contributed by atoms with E-state index in [0.29, 0.717) is 18.7 Å². The van der Waals surface area contributed by atoms with Crippen LogP contribution >= 0.6 is 0 Å². The van der Waals surface area contributed by atoms with Crippen molar-refractivity contribution in [2.75, 3.05) is 13.1 Å². The van der Waals surface area contributed by atoms with Crippen molar-refractivity contribution in [3.05, 3.63) is 41.7 Å². The molecule has 24 heavy (non-hydrogen) atoms. The van der Waals surface area contributed by atoms with E-state index >= 15 is 0 Å². The molecular weight excluding hydrogens is 302 g/mol. The topological polar surface area (TPSA) is 62.3 Å². The molecule has 2 fully saturated rings. The standard InChI is InChI=1S/C19H25N3O2/c23-18(13-15-5-2-1-3-6-15)21-17-8-11-22(12-9-17)19(24)16-7-4-10-20-14-16/h4,7,10,13-14,17H,1-3,5-6,8-9,11-12H2,(H,21,23). The highest BCUT2D eigenvalue weighted by molar-refractivity contribution is 5.94. The summed E-state index contributed by atoms with van der Waals surface area (Å²) < 4.78 is 0. The zero-order valence-corrected chi connectivity index (χ0v) is 14.0. The van der Waals surface area contributed by atoms with E-state index in [-0.39, 0.29) is 17.9 Å². The van der Waals surface area contributed by atoms with E-state index in [1.54, 1.807) is 30.6 Å². The summed E-state index contributed by atoms with van der Waals surface area (Å²) in [5.41, 5.74) is 1.91. The first-order valence-corrected chi connectivity index (χ1v) is 8.91. The maximum absolute atomic E-state index is 12.4. The number of piperidine rings is 1. The van der Waals surface area contributed by atoms with E-state index in [1.807, 2.05) is 4.90 Å². The Kier molecular flexibility index (Phi) is 5.62. The number of hydrogen-bond acceptors (Lipinski definition) is 3. The molecule has 1 N–H and O–H groups in total. The lowest BCUT2D eigenvalue weighted by molar-refractivity contribution is -0.117. The average Bonchev–Trinajstić information content (AvgIpc) is 2.63. The first-order valence-electron chi connectivity index (χ1n) is 8.91. The van der Waals surface area contributed by atoms with E-state index in [2.05, 4.69) is 10.3 Å². The maximum atomic E-state index is 12.4. The first-order chi connectivity index (χ1) is 11.7. The summed E-state index contributed by atoms with van der Waals surface area (Å²) in [6.45, 7) is 1.35. The van der Waals surface area contributed by atoms with Gasteiger partial charge in [-0.15, -0.1) is 0 Å². The highest BCUT2D eigenvalue weighted by Crippen LogP contribution is 2.22. The largest absolute Gasteiger partial charge is 0.350 e. The molecule has 0 aromatic carbocycles. The maximum Gasteiger partial charge on any atom is 0.255 e. The van der Waals surface area contributed by atoms with Crippen LogP contribution in [-0.4, -0.2) is 40.8 Å². The smallest absolute Gasteiger partial charge is 0.255 e. The summed E-state index contributed by atoms with van der Waals surface area (Å²) in [6.07, 6.45) is 12.5.